The van der Waals surface area contributed by atoms with Crippen LogP contribution in [0.3, 0.4) is 0 Å². The molecule has 0 radical (unpaired) electrons. The van der Waals surface area contributed by atoms with Crippen molar-refractivity contribution in [1.29, 1.82) is 0 Å². The number of nitrogens with zero attached hydrogens (tertiary/aromatic N) is 1. The Morgan fingerprint density at radius 1 is 1.11 bits per heavy atom. The van der Waals surface area contributed by atoms with Crippen molar-refractivity contribution in [2.75, 3.05) is 12.0 Å². The maximum atomic E-state index is 13.2. The van der Waals surface area contributed by atoms with E-state index in [1.165, 1.54) is 31.4 Å². The second-order valence-corrected chi connectivity index (χ2v) is 9.79. The van der Waals surface area contributed by atoms with Crippen molar-refractivity contribution >= 4 is 69.8 Å². The van der Waals surface area contributed by atoms with Gasteiger partial charge in [-0.1, -0.05) is 29.8 Å². The molecule has 1 heterocycles. The van der Waals surface area contributed by atoms with E-state index in [1.54, 1.807) is 43.3 Å². The molecule has 9 nitrogen and oxygen atoms in total. The van der Waals surface area contributed by atoms with E-state index in [1.807, 2.05) is 22.6 Å². The summed E-state index contributed by atoms with van der Waals surface area (Å²) in [6, 6.07) is 13.4. The van der Waals surface area contributed by atoms with Gasteiger partial charge in [0.05, 0.1) is 21.9 Å². The number of halogens is 2. The molecular weight excluding hydrogens is 627 g/mol. The number of carbonyl (C=O) groups excluding carboxylic acids is 3. The maximum absolute atomic E-state index is 13.2. The average Bonchev–Trinajstić information content (AvgIpc) is 2.87. The van der Waals surface area contributed by atoms with Gasteiger partial charge in [0, 0.05) is 5.02 Å². The maximum Gasteiger partial charge on any atom is 0.335 e. The van der Waals surface area contributed by atoms with Crippen LogP contribution in [0.5, 0.6) is 11.5 Å². The van der Waals surface area contributed by atoms with E-state index in [2.05, 4.69) is 5.32 Å². The zero-order valence-electron chi connectivity index (χ0n) is 20.1. The zero-order chi connectivity index (χ0) is 27.6. The molecule has 38 heavy (non-hydrogen) atoms. The van der Waals surface area contributed by atoms with Crippen LogP contribution in [0.1, 0.15) is 27.0 Å². The summed E-state index contributed by atoms with van der Waals surface area (Å²) < 4.78 is 12.0. The standard InChI is InChI=1S/C27H20ClIN2O7/c1-14-3-8-18(12-20(14)28)31-25(33)19(24(32)30-27(31)36)9-16-10-21(29)23(22(11-16)37-2)38-13-15-4-6-17(7-5-15)26(34)35/h3-12H,13H2,1-2H3,(H,34,35)(H,30,32,36)/b19-9-. The van der Waals surface area contributed by atoms with Crippen LogP contribution in [-0.2, 0) is 16.2 Å². The number of hydrogen-bond acceptors (Lipinski definition) is 6. The van der Waals surface area contributed by atoms with Crippen molar-refractivity contribution in [2.45, 2.75) is 13.5 Å². The number of anilines is 1. The summed E-state index contributed by atoms with van der Waals surface area (Å²) in [6.45, 7) is 1.94. The minimum Gasteiger partial charge on any atom is -0.493 e. The van der Waals surface area contributed by atoms with E-state index < -0.39 is 23.8 Å². The topological polar surface area (TPSA) is 122 Å². The molecule has 3 aromatic rings. The third-order valence-electron chi connectivity index (χ3n) is 5.66. The lowest BCUT2D eigenvalue weighted by Crippen LogP contribution is -2.54. The molecule has 1 saturated heterocycles. The molecule has 1 fully saturated rings. The fourth-order valence-electron chi connectivity index (χ4n) is 3.64. The highest BCUT2D eigenvalue weighted by Crippen LogP contribution is 2.36. The quantitative estimate of drug-likeness (QED) is 0.206. The summed E-state index contributed by atoms with van der Waals surface area (Å²) in [5.74, 6) is -1.85. The van der Waals surface area contributed by atoms with Crippen LogP contribution in [0.2, 0.25) is 5.02 Å². The van der Waals surface area contributed by atoms with Crippen molar-refractivity contribution in [2.24, 2.45) is 0 Å². The number of aromatic carboxylic acids is 1. The Labute approximate surface area is 236 Å². The molecular formula is C27H20ClIN2O7. The van der Waals surface area contributed by atoms with E-state index in [0.717, 1.165) is 16.0 Å². The molecule has 4 rings (SSSR count). The summed E-state index contributed by atoms with van der Waals surface area (Å²) in [4.78, 5) is 50.2. The fourth-order valence-corrected chi connectivity index (χ4v) is 4.60. The molecule has 4 amide bonds. The number of imide groups is 2. The van der Waals surface area contributed by atoms with Gasteiger partial charge in [0.25, 0.3) is 11.8 Å². The van der Waals surface area contributed by atoms with E-state index in [4.69, 9.17) is 26.2 Å². The SMILES string of the molecule is COc1cc(/C=C2/C(=O)NC(=O)N(c3ccc(C)c(Cl)c3)C2=O)cc(I)c1OCc1ccc(C(=O)O)cc1. The van der Waals surface area contributed by atoms with Gasteiger partial charge in [0.15, 0.2) is 11.5 Å². The number of hydrogen-bond donors (Lipinski definition) is 2. The van der Waals surface area contributed by atoms with Crippen molar-refractivity contribution in [3.63, 3.8) is 0 Å². The minimum absolute atomic E-state index is 0.157. The van der Waals surface area contributed by atoms with Crippen LogP contribution >= 0.6 is 34.2 Å². The zero-order valence-corrected chi connectivity index (χ0v) is 23.0. The number of urea groups is 1. The third-order valence-corrected chi connectivity index (χ3v) is 6.87. The molecule has 0 unspecified atom stereocenters. The first-order valence-corrected chi connectivity index (χ1v) is 12.5. The van der Waals surface area contributed by atoms with Crippen LogP contribution in [0.15, 0.2) is 60.2 Å². The average molecular weight is 647 g/mol. The lowest BCUT2D eigenvalue weighted by Gasteiger charge is -2.26. The highest BCUT2D eigenvalue weighted by molar-refractivity contribution is 14.1. The molecule has 11 heteroatoms. The Morgan fingerprint density at radius 3 is 2.45 bits per heavy atom. The van der Waals surface area contributed by atoms with Gasteiger partial charge in [-0.15, -0.1) is 0 Å². The molecule has 0 saturated carbocycles. The van der Waals surface area contributed by atoms with Crippen LogP contribution < -0.4 is 19.7 Å². The van der Waals surface area contributed by atoms with Gasteiger partial charge < -0.3 is 14.6 Å². The Hall–Kier alpha value is -3.90. The lowest BCUT2D eigenvalue weighted by molar-refractivity contribution is -0.122. The van der Waals surface area contributed by atoms with Crippen molar-refractivity contribution in [3.05, 3.63) is 91.0 Å². The number of methoxy groups -OCH3 is 1. The summed E-state index contributed by atoms with van der Waals surface area (Å²) in [5.41, 5.74) is 2.16. The highest BCUT2D eigenvalue weighted by Gasteiger charge is 2.37. The van der Waals surface area contributed by atoms with E-state index in [0.29, 0.717) is 25.7 Å². The largest absolute Gasteiger partial charge is 0.493 e. The molecule has 0 aliphatic carbocycles. The predicted octanol–water partition coefficient (Wildman–Crippen LogP) is 5.21. The third kappa shape index (κ3) is 5.65. The summed E-state index contributed by atoms with van der Waals surface area (Å²) in [5, 5.41) is 11.6. The van der Waals surface area contributed by atoms with Gasteiger partial charge in [-0.3, -0.25) is 14.9 Å². The van der Waals surface area contributed by atoms with E-state index >= 15 is 0 Å². The molecule has 0 bridgehead atoms. The van der Waals surface area contributed by atoms with Gasteiger partial charge >= 0.3 is 12.0 Å². The summed E-state index contributed by atoms with van der Waals surface area (Å²) in [7, 11) is 1.46. The summed E-state index contributed by atoms with van der Waals surface area (Å²) >= 11 is 8.21. The van der Waals surface area contributed by atoms with E-state index in [9.17, 15) is 19.2 Å². The van der Waals surface area contributed by atoms with E-state index in [-0.39, 0.29) is 23.4 Å². The molecule has 0 atom stereocenters. The molecule has 194 valence electrons. The Morgan fingerprint density at radius 2 is 1.82 bits per heavy atom. The second-order valence-electron chi connectivity index (χ2n) is 8.22. The van der Waals surface area contributed by atoms with Crippen LogP contribution in [0.25, 0.3) is 6.08 Å². The molecule has 1 aliphatic heterocycles. The Balaban J connectivity index is 1.61. The van der Waals surface area contributed by atoms with Crippen molar-refractivity contribution < 1.29 is 33.8 Å². The van der Waals surface area contributed by atoms with Gasteiger partial charge in [0.2, 0.25) is 0 Å². The number of barbiturate groups is 1. The predicted molar refractivity (Wildman–Crippen MR) is 149 cm³/mol. The minimum atomic E-state index is -1.02. The number of rotatable bonds is 7. The molecule has 1 aliphatic rings. The molecule has 0 aromatic heterocycles. The second kappa shape index (κ2) is 11.2. The normalized spacial score (nSPS) is 14.5. The number of benzene rings is 3. The van der Waals surface area contributed by atoms with Crippen LogP contribution in [0, 0.1) is 10.5 Å². The lowest BCUT2D eigenvalue weighted by atomic mass is 10.1. The van der Waals surface area contributed by atoms with Crippen LogP contribution in [0.4, 0.5) is 10.5 Å². The smallest absolute Gasteiger partial charge is 0.335 e. The Kier molecular flexibility index (Phi) is 8.02. The van der Waals surface area contributed by atoms with Gasteiger partial charge in [0.1, 0.15) is 12.2 Å². The Bertz CT molecular complexity index is 1500. The number of carboxylic acids is 1. The van der Waals surface area contributed by atoms with Gasteiger partial charge in [-0.2, -0.15) is 0 Å². The van der Waals surface area contributed by atoms with Crippen molar-refractivity contribution in [3.8, 4) is 11.5 Å². The highest BCUT2D eigenvalue weighted by atomic mass is 127. The fraction of sp³-hybridized carbons (Fsp3) is 0.111. The van der Waals surface area contributed by atoms with Crippen molar-refractivity contribution in [1.82, 2.24) is 5.32 Å². The van der Waals surface area contributed by atoms with Gasteiger partial charge in [-0.05, 0) is 88.7 Å². The summed E-state index contributed by atoms with van der Waals surface area (Å²) in [6.07, 6.45) is 1.37. The first-order valence-electron chi connectivity index (χ1n) is 11.1. The first kappa shape index (κ1) is 27.1. The molecule has 2 N–H and O–H groups in total. The number of aryl methyl sites for hydroxylation is 1. The number of carboxylic acid groups (broad SMARTS) is 1. The number of carbonyl (C=O) groups is 4. The number of nitrogens with one attached hydrogen (secondary N) is 1. The number of amides is 4. The molecule has 0 spiro atoms. The molecule has 3 aromatic carbocycles. The number of ether oxygens (including phenoxy) is 2. The van der Waals surface area contributed by atoms with Crippen LogP contribution in [-0.4, -0.2) is 36.0 Å². The monoisotopic (exact) mass is 646 g/mol. The van der Waals surface area contributed by atoms with Gasteiger partial charge in [-0.25, -0.2) is 14.5 Å². The first-order chi connectivity index (χ1) is 18.1.